The van der Waals surface area contributed by atoms with Gasteiger partial charge in [0.1, 0.15) is 0 Å². The van der Waals surface area contributed by atoms with Crippen molar-refractivity contribution in [2.75, 3.05) is 5.32 Å². The quantitative estimate of drug-likeness (QED) is 0.877. The van der Waals surface area contributed by atoms with Gasteiger partial charge in [-0.2, -0.15) is 0 Å². The molecule has 0 radical (unpaired) electrons. The molecule has 17 heavy (non-hydrogen) atoms. The van der Waals surface area contributed by atoms with Crippen LogP contribution >= 0.6 is 11.3 Å². The molecule has 0 aliphatic rings. The smallest absolute Gasteiger partial charge is 0.226 e. The van der Waals surface area contributed by atoms with E-state index in [1.165, 1.54) is 4.70 Å². The Bertz CT molecular complexity index is 540. The first kappa shape index (κ1) is 12.1. The molecule has 1 amide bonds. The standard InChI is InChI=1S/C13H16N2OS/c1-13(2,14)8-12(16)15-10-3-4-11-9(7-10)5-6-17-11/h3-7H,8,14H2,1-2H3,(H,15,16). The molecular weight excluding hydrogens is 232 g/mol. The Labute approximate surface area is 105 Å². The number of rotatable bonds is 3. The minimum Gasteiger partial charge on any atom is -0.326 e. The van der Waals surface area contributed by atoms with Gasteiger partial charge in [0, 0.05) is 22.3 Å². The van der Waals surface area contributed by atoms with Gasteiger partial charge in [0.25, 0.3) is 0 Å². The molecule has 0 unspecified atom stereocenters. The average molecular weight is 248 g/mol. The third kappa shape index (κ3) is 3.28. The van der Waals surface area contributed by atoms with Crippen LogP contribution in [0.15, 0.2) is 29.6 Å². The van der Waals surface area contributed by atoms with Crippen LogP contribution in [0, 0.1) is 0 Å². The summed E-state index contributed by atoms with van der Waals surface area (Å²) in [6, 6.07) is 7.96. The summed E-state index contributed by atoms with van der Waals surface area (Å²) in [6.45, 7) is 3.68. The highest BCUT2D eigenvalue weighted by Gasteiger charge is 2.16. The van der Waals surface area contributed by atoms with Crippen molar-refractivity contribution < 1.29 is 4.79 Å². The van der Waals surface area contributed by atoms with Gasteiger partial charge in [-0.15, -0.1) is 11.3 Å². The van der Waals surface area contributed by atoms with Crippen LogP contribution in [-0.4, -0.2) is 11.4 Å². The number of nitrogens with two attached hydrogens (primary N) is 1. The molecule has 1 aromatic heterocycles. The van der Waals surface area contributed by atoms with Crippen molar-refractivity contribution in [2.45, 2.75) is 25.8 Å². The van der Waals surface area contributed by atoms with E-state index in [9.17, 15) is 4.79 Å². The molecule has 1 heterocycles. The Morgan fingerprint density at radius 2 is 2.18 bits per heavy atom. The van der Waals surface area contributed by atoms with Crippen molar-refractivity contribution in [2.24, 2.45) is 5.73 Å². The third-order valence-corrected chi connectivity index (χ3v) is 3.25. The van der Waals surface area contributed by atoms with E-state index in [1.54, 1.807) is 11.3 Å². The van der Waals surface area contributed by atoms with E-state index in [-0.39, 0.29) is 5.91 Å². The molecule has 3 nitrogen and oxygen atoms in total. The summed E-state index contributed by atoms with van der Waals surface area (Å²) >= 11 is 1.69. The molecule has 0 aliphatic carbocycles. The van der Waals surface area contributed by atoms with Gasteiger partial charge in [-0.3, -0.25) is 4.79 Å². The predicted molar refractivity (Wildman–Crippen MR) is 73.3 cm³/mol. The van der Waals surface area contributed by atoms with Gasteiger partial charge in [-0.1, -0.05) is 0 Å². The fraction of sp³-hybridized carbons (Fsp3) is 0.308. The van der Waals surface area contributed by atoms with Gasteiger partial charge in [0.2, 0.25) is 5.91 Å². The Morgan fingerprint density at radius 1 is 1.41 bits per heavy atom. The summed E-state index contributed by atoms with van der Waals surface area (Å²) in [5.41, 5.74) is 6.15. The molecular formula is C13H16N2OS. The molecule has 0 atom stereocenters. The summed E-state index contributed by atoms with van der Waals surface area (Å²) in [5.74, 6) is -0.0490. The first-order chi connectivity index (χ1) is 7.94. The molecule has 4 heteroatoms. The molecule has 0 bridgehead atoms. The van der Waals surface area contributed by atoms with Crippen LogP contribution in [0.3, 0.4) is 0 Å². The molecule has 0 fully saturated rings. The van der Waals surface area contributed by atoms with Crippen LogP contribution in [0.2, 0.25) is 0 Å². The fourth-order valence-corrected chi connectivity index (χ4v) is 2.43. The van der Waals surface area contributed by atoms with Crippen molar-refractivity contribution >= 4 is 33.0 Å². The van der Waals surface area contributed by atoms with Crippen LogP contribution in [0.1, 0.15) is 20.3 Å². The first-order valence-corrected chi connectivity index (χ1v) is 6.38. The molecule has 1 aromatic carbocycles. The molecule has 2 rings (SSSR count). The summed E-state index contributed by atoms with van der Waals surface area (Å²) in [4.78, 5) is 11.7. The number of hydrogen-bond acceptors (Lipinski definition) is 3. The number of anilines is 1. The van der Waals surface area contributed by atoms with Crippen molar-refractivity contribution in [3.05, 3.63) is 29.6 Å². The number of carbonyl (C=O) groups is 1. The van der Waals surface area contributed by atoms with Crippen molar-refractivity contribution in [3.8, 4) is 0 Å². The van der Waals surface area contributed by atoms with E-state index < -0.39 is 5.54 Å². The molecule has 90 valence electrons. The van der Waals surface area contributed by atoms with E-state index >= 15 is 0 Å². The van der Waals surface area contributed by atoms with Crippen molar-refractivity contribution in [1.29, 1.82) is 0 Å². The lowest BCUT2D eigenvalue weighted by Gasteiger charge is -2.17. The summed E-state index contributed by atoms with van der Waals surface area (Å²) in [6.07, 6.45) is 0.314. The lowest BCUT2D eigenvalue weighted by molar-refractivity contribution is -0.117. The lowest BCUT2D eigenvalue weighted by Crippen LogP contribution is -2.36. The van der Waals surface area contributed by atoms with Gasteiger partial charge in [0.15, 0.2) is 0 Å². The highest BCUT2D eigenvalue weighted by molar-refractivity contribution is 7.17. The number of amides is 1. The van der Waals surface area contributed by atoms with E-state index in [2.05, 4.69) is 5.32 Å². The van der Waals surface area contributed by atoms with E-state index in [4.69, 9.17) is 5.73 Å². The minimum absolute atomic E-state index is 0.0490. The zero-order valence-electron chi connectivity index (χ0n) is 9.99. The third-order valence-electron chi connectivity index (χ3n) is 2.35. The molecule has 0 saturated carbocycles. The largest absolute Gasteiger partial charge is 0.326 e. The summed E-state index contributed by atoms with van der Waals surface area (Å²) in [7, 11) is 0. The van der Waals surface area contributed by atoms with Crippen LogP contribution in [0.25, 0.3) is 10.1 Å². The first-order valence-electron chi connectivity index (χ1n) is 5.50. The molecule has 3 N–H and O–H groups in total. The number of hydrogen-bond donors (Lipinski definition) is 2. The number of benzene rings is 1. The van der Waals surface area contributed by atoms with E-state index in [1.807, 2.05) is 43.5 Å². The molecule has 0 saturated heterocycles. The zero-order valence-corrected chi connectivity index (χ0v) is 10.8. The Kier molecular flexibility index (Phi) is 3.17. The normalized spacial score (nSPS) is 11.7. The van der Waals surface area contributed by atoms with Crippen LogP contribution in [-0.2, 0) is 4.79 Å². The molecule has 0 aliphatic heterocycles. The van der Waals surface area contributed by atoms with Gasteiger partial charge in [-0.05, 0) is 48.9 Å². The number of thiophene rings is 1. The Hall–Kier alpha value is -1.39. The predicted octanol–water partition coefficient (Wildman–Crippen LogP) is 2.97. The SMILES string of the molecule is CC(C)(N)CC(=O)Nc1ccc2sccc2c1. The Balaban J connectivity index is 2.10. The Morgan fingerprint density at radius 3 is 2.88 bits per heavy atom. The monoisotopic (exact) mass is 248 g/mol. The van der Waals surface area contributed by atoms with E-state index in [0.717, 1.165) is 11.1 Å². The topological polar surface area (TPSA) is 55.1 Å². The summed E-state index contributed by atoms with van der Waals surface area (Å²) in [5, 5.41) is 6.06. The number of carbonyl (C=O) groups excluding carboxylic acids is 1. The molecule has 0 spiro atoms. The molecule has 2 aromatic rings. The van der Waals surface area contributed by atoms with E-state index in [0.29, 0.717) is 6.42 Å². The summed E-state index contributed by atoms with van der Waals surface area (Å²) < 4.78 is 1.22. The van der Waals surface area contributed by atoms with Crippen LogP contribution in [0.4, 0.5) is 5.69 Å². The van der Waals surface area contributed by atoms with Gasteiger partial charge < -0.3 is 11.1 Å². The second-order valence-corrected chi connectivity index (χ2v) is 5.83. The van der Waals surface area contributed by atoms with Crippen LogP contribution < -0.4 is 11.1 Å². The van der Waals surface area contributed by atoms with Crippen LogP contribution in [0.5, 0.6) is 0 Å². The maximum Gasteiger partial charge on any atom is 0.226 e. The number of nitrogens with one attached hydrogen (secondary N) is 1. The van der Waals surface area contributed by atoms with Gasteiger partial charge in [0.05, 0.1) is 0 Å². The van der Waals surface area contributed by atoms with Gasteiger partial charge in [-0.25, -0.2) is 0 Å². The highest BCUT2D eigenvalue weighted by atomic mass is 32.1. The highest BCUT2D eigenvalue weighted by Crippen LogP contribution is 2.24. The maximum absolute atomic E-state index is 11.7. The van der Waals surface area contributed by atoms with Crippen molar-refractivity contribution in [3.63, 3.8) is 0 Å². The maximum atomic E-state index is 11.7. The lowest BCUT2D eigenvalue weighted by atomic mass is 10.0. The fourth-order valence-electron chi connectivity index (χ4n) is 1.66. The average Bonchev–Trinajstić information content (AvgIpc) is 2.61. The second-order valence-electron chi connectivity index (χ2n) is 4.89. The van der Waals surface area contributed by atoms with Gasteiger partial charge >= 0.3 is 0 Å². The minimum atomic E-state index is -0.476. The second kappa shape index (κ2) is 4.47. The van der Waals surface area contributed by atoms with Crippen molar-refractivity contribution in [1.82, 2.24) is 0 Å². The zero-order chi connectivity index (χ0) is 12.5. The number of fused-ring (bicyclic) bond motifs is 1.